The minimum absolute atomic E-state index is 0.0335. The fraction of sp³-hybridized carbons (Fsp3) is 0. The third-order valence-corrected chi connectivity index (χ3v) is 2.59. The Hall–Kier alpha value is -3.27. The number of anilines is 1. The van der Waals surface area contributed by atoms with Crippen LogP contribution in [0.3, 0.4) is 0 Å². The predicted octanol–water partition coefficient (Wildman–Crippen LogP) is 2.04. The number of aromatic nitrogens is 1. The van der Waals surface area contributed by atoms with E-state index < -0.39 is 17.7 Å². The summed E-state index contributed by atoms with van der Waals surface area (Å²) in [7, 11) is 0. The first kappa shape index (κ1) is 14.1. The number of pyridine rings is 1. The van der Waals surface area contributed by atoms with Crippen molar-refractivity contribution in [1.29, 1.82) is 5.26 Å². The van der Waals surface area contributed by atoms with Gasteiger partial charge in [0.2, 0.25) is 0 Å². The van der Waals surface area contributed by atoms with E-state index in [4.69, 9.17) is 10.4 Å². The third kappa shape index (κ3) is 3.19. The lowest BCUT2D eigenvalue weighted by Gasteiger charge is -2.07. The Morgan fingerprint density at radius 1 is 1.29 bits per heavy atom. The lowest BCUT2D eigenvalue weighted by molar-refractivity contribution is 0.0690. The molecule has 0 saturated carbocycles. The van der Waals surface area contributed by atoms with Crippen molar-refractivity contribution >= 4 is 17.6 Å². The first-order valence-electron chi connectivity index (χ1n) is 5.71. The molecule has 1 aromatic carbocycles. The van der Waals surface area contributed by atoms with Gasteiger partial charge in [0.15, 0.2) is 0 Å². The molecule has 0 unspecified atom stereocenters. The second-order valence-electron chi connectivity index (χ2n) is 4.00. The summed E-state index contributed by atoms with van der Waals surface area (Å²) in [4.78, 5) is 26.3. The number of carboxylic acid groups (broad SMARTS) is 1. The van der Waals surface area contributed by atoms with Crippen LogP contribution in [-0.4, -0.2) is 22.0 Å². The minimum Gasteiger partial charge on any atom is -0.477 e. The Balaban J connectivity index is 2.24. The van der Waals surface area contributed by atoms with Crippen LogP contribution in [0.5, 0.6) is 0 Å². The van der Waals surface area contributed by atoms with Crippen LogP contribution in [0.4, 0.5) is 10.1 Å². The van der Waals surface area contributed by atoms with Crippen LogP contribution in [0.25, 0.3) is 0 Å². The molecule has 0 bridgehead atoms. The Morgan fingerprint density at radius 3 is 2.67 bits per heavy atom. The van der Waals surface area contributed by atoms with E-state index in [1.807, 2.05) is 0 Å². The zero-order valence-electron chi connectivity index (χ0n) is 10.5. The first-order chi connectivity index (χ1) is 10.0. The van der Waals surface area contributed by atoms with Gasteiger partial charge in [-0.15, -0.1) is 0 Å². The van der Waals surface area contributed by atoms with Crippen molar-refractivity contribution in [2.24, 2.45) is 0 Å². The summed E-state index contributed by atoms with van der Waals surface area (Å²) >= 11 is 0. The molecule has 0 aliphatic heterocycles. The fourth-order valence-corrected chi connectivity index (χ4v) is 1.57. The van der Waals surface area contributed by atoms with Crippen molar-refractivity contribution in [2.45, 2.75) is 0 Å². The Labute approximate surface area is 118 Å². The molecule has 0 fully saturated rings. The molecule has 0 saturated heterocycles. The molecule has 104 valence electrons. The highest BCUT2D eigenvalue weighted by Crippen LogP contribution is 2.16. The maximum Gasteiger partial charge on any atom is 0.354 e. The minimum atomic E-state index is -1.27. The number of rotatable bonds is 3. The van der Waals surface area contributed by atoms with Gasteiger partial charge in [0.25, 0.3) is 5.91 Å². The topological polar surface area (TPSA) is 103 Å². The van der Waals surface area contributed by atoms with Gasteiger partial charge in [-0.25, -0.2) is 14.2 Å². The molecule has 0 aliphatic rings. The number of carbonyl (C=O) groups is 2. The normalized spacial score (nSPS) is 9.71. The third-order valence-electron chi connectivity index (χ3n) is 2.59. The molecule has 7 heteroatoms. The quantitative estimate of drug-likeness (QED) is 0.898. The van der Waals surface area contributed by atoms with E-state index in [1.165, 1.54) is 24.4 Å². The van der Waals surface area contributed by atoms with Gasteiger partial charge in [-0.3, -0.25) is 4.79 Å². The van der Waals surface area contributed by atoms with Crippen molar-refractivity contribution in [3.8, 4) is 6.07 Å². The maximum atomic E-state index is 13.6. The second-order valence-corrected chi connectivity index (χ2v) is 4.00. The highest BCUT2D eigenvalue weighted by atomic mass is 19.1. The highest BCUT2D eigenvalue weighted by molar-refractivity contribution is 6.05. The highest BCUT2D eigenvalue weighted by Gasteiger charge is 2.13. The van der Waals surface area contributed by atoms with Gasteiger partial charge < -0.3 is 10.4 Å². The first-order valence-corrected chi connectivity index (χ1v) is 5.71. The number of halogens is 1. The average molecular weight is 285 g/mol. The molecule has 1 heterocycles. The summed E-state index contributed by atoms with van der Waals surface area (Å²) in [5.41, 5.74) is -0.232. The molecule has 0 radical (unpaired) electrons. The molecule has 1 amide bonds. The number of aromatic carboxylic acids is 1. The summed E-state index contributed by atoms with van der Waals surface area (Å²) in [5, 5.41) is 19.7. The SMILES string of the molecule is N#Cc1ccc(NC(=O)c2ccnc(C(=O)O)c2)c(F)c1. The van der Waals surface area contributed by atoms with Crippen LogP contribution in [0, 0.1) is 17.1 Å². The van der Waals surface area contributed by atoms with Gasteiger partial charge in [-0.05, 0) is 30.3 Å². The van der Waals surface area contributed by atoms with Gasteiger partial charge in [-0.1, -0.05) is 0 Å². The standard InChI is InChI=1S/C14H8FN3O3/c15-10-5-8(7-16)1-2-11(10)18-13(19)9-3-4-17-12(6-9)14(20)21/h1-6H,(H,18,19)(H,20,21). The average Bonchev–Trinajstić information content (AvgIpc) is 2.49. The number of hydrogen-bond acceptors (Lipinski definition) is 4. The van der Waals surface area contributed by atoms with E-state index in [0.717, 1.165) is 12.1 Å². The monoisotopic (exact) mass is 285 g/mol. The van der Waals surface area contributed by atoms with E-state index >= 15 is 0 Å². The van der Waals surface area contributed by atoms with Gasteiger partial charge in [0.05, 0.1) is 17.3 Å². The molecule has 2 rings (SSSR count). The number of amides is 1. The number of nitrogens with one attached hydrogen (secondary N) is 1. The van der Waals surface area contributed by atoms with Crippen LogP contribution in [-0.2, 0) is 0 Å². The molecule has 0 atom stereocenters. The van der Waals surface area contributed by atoms with Crippen LogP contribution in [0.1, 0.15) is 26.4 Å². The van der Waals surface area contributed by atoms with Crippen molar-refractivity contribution in [2.75, 3.05) is 5.32 Å². The summed E-state index contributed by atoms with van der Waals surface area (Å²) in [5.74, 6) is -2.70. The summed E-state index contributed by atoms with van der Waals surface area (Å²) in [6.07, 6.45) is 1.17. The van der Waals surface area contributed by atoms with Gasteiger partial charge in [0.1, 0.15) is 11.5 Å². The molecule has 2 N–H and O–H groups in total. The number of carbonyl (C=O) groups excluding carboxylic acids is 1. The van der Waals surface area contributed by atoms with Crippen molar-refractivity contribution < 1.29 is 19.1 Å². The van der Waals surface area contributed by atoms with Crippen molar-refractivity contribution in [3.05, 3.63) is 59.2 Å². The summed E-state index contributed by atoms with van der Waals surface area (Å²) in [6, 6.07) is 7.77. The lowest BCUT2D eigenvalue weighted by Crippen LogP contribution is -2.14. The summed E-state index contributed by atoms with van der Waals surface area (Å²) in [6.45, 7) is 0. The Bertz CT molecular complexity index is 768. The molecule has 2 aromatic rings. The molecular formula is C14H8FN3O3. The Kier molecular flexibility index (Phi) is 3.90. The lowest BCUT2D eigenvalue weighted by atomic mass is 10.2. The molecule has 6 nitrogen and oxygen atoms in total. The zero-order valence-corrected chi connectivity index (χ0v) is 10.5. The number of hydrogen-bond donors (Lipinski definition) is 2. The van der Waals surface area contributed by atoms with E-state index in [9.17, 15) is 14.0 Å². The zero-order chi connectivity index (χ0) is 15.4. The van der Waals surface area contributed by atoms with Crippen LogP contribution >= 0.6 is 0 Å². The fourth-order valence-electron chi connectivity index (χ4n) is 1.57. The van der Waals surface area contributed by atoms with Crippen molar-refractivity contribution in [1.82, 2.24) is 4.98 Å². The number of benzene rings is 1. The molecule has 1 aromatic heterocycles. The smallest absolute Gasteiger partial charge is 0.354 e. The maximum absolute atomic E-state index is 13.6. The molecule has 0 aliphatic carbocycles. The van der Waals surface area contributed by atoms with E-state index in [-0.39, 0.29) is 22.5 Å². The second kappa shape index (κ2) is 5.79. The number of carboxylic acids is 1. The van der Waals surface area contributed by atoms with Crippen molar-refractivity contribution in [3.63, 3.8) is 0 Å². The summed E-state index contributed by atoms with van der Waals surface area (Å²) < 4.78 is 13.6. The Morgan fingerprint density at radius 2 is 2.05 bits per heavy atom. The van der Waals surface area contributed by atoms with E-state index in [1.54, 1.807) is 6.07 Å². The molecule has 21 heavy (non-hydrogen) atoms. The van der Waals surface area contributed by atoms with Gasteiger partial charge in [0, 0.05) is 11.8 Å². The largest absolute Gasteiger partial charge is 0.477 e. The van der Waals surface area contributed by atoms with Crippen LogP contribution in [0.15, 0.2) is 36.5 Å². The van der Waals surface area contributed by atoms with E-state index in [0.29, 0.717) is 0 Å². The van der Waals surface area contributed by atoms with Gasteiger partial charge in [-0.2, -0.15) is 5.26 Å². The number of nitriles is 1. The van der Waals surface area contributed by atoms with Crippen LogP contribution in [0.2, 0.25) is 0 Å². The number of nitrogens with zero attached hydrogens (tertiary/aromatic N) is 2. The van der Waals surface area contributed by atoms with E-state index in [2.05, 4.69) is 10.3 Å². The molecular weight excluding hydrogens is 277 g/mol. The predicted molar refractivity (Wildman–Crippen MR) is 70.3 cm³/mol. The van der Waals surface area contributed by atoms with Crippen LogP contribution < -0.4 is 5.32 Å². The van der Waals surface area contributed by atoms with Gasteiger partial charge >= 0.3 is 5.97 Å². The molecule has 0 spiro atoms.